The fourth-order valence-corrected chi connectivity index (χ4v) is 2.94. The van der Waals surface area contributed by atoms with Gasteiger partial charge in [-0.25, -0.2) is 13.2 Å². The summed E-state index contributed by atoms with van der Waals surface area (Å²) in [5, 5.41) is 10.0. The molecule has 5 nitrogen and oxygen atoms in total. The maximum atomic E-state index is 13.6. The maximum absolute atomic E-state index is 13.6. The molecule has 0 aliphatic rings. The van der Waals surface area contributed by atoms with Crippen LogP contribution >= 0.6 is 11.8 Å². The van der Waals surface area contributed by atoms with Gasteiger partial charge in [-0.3, -0.25) is 4.79 Å². The van der Waals surface area contributed by atoms with E-state index >= 15 is 0 Å². The smallest absolute Gasteiger partial charge is 0.237 e. The van der Waals surface area contributed by atoms with E-state index < -0.39 is 34.3 Å². The van der Waals surface area contributed by atoms with Gasteiger partial charge in [0.1, 0.15) is 6.33 Å². The summed E-state index contributed by atoms with van der Waals surface area (Å²) in [6.45, 7) is 4.46. The number of carbonyl (C=O) groups is 1. The molecule has 1 heterocycles. The number of carbonyl (C=O) groups excluding carboxylic acids is 1. The average molecular weight is 372 g/mol. The molecule has 0 fully saturated rings. The Hall–Kier alpha value is -2.03. The lowest BCUT2D eigenvalue weighted by Gasteiger charge is -2.13. The van der Waals surface area contributed by atoms with Crippen molar-refractivity contribution in [1.29, 1.82) is 0 Å². The van der Waals surface area contributed by atoms with Crippen LogP contribution in [0.1, 0.15) is 33.1 Å². The summed E-state index contributed by atoms with van der Waals surface area (Å²) in [6.07, 6.45) is 4.73. The Labute approximate surface area is 148 Å². The largest absolute Gasteiger partial charge is 0.323 e. The molecule has 136 valence electrons. The molecule has 25 heavy (non-hydrogen) atoms. The van der Waals surface area contributed by atoms with Crippen molar-refractivity contribution >= 4 is 23.4 Å². The van der Waals surface area contributed by atoms with Gasteiger partial charge in [-0.15, -0.1) is 10.2 Å². The van der Waals surface area contributed by atoms with Crippen LogP contribution in [0, 0.1) is 17.5 Å². The Morgan fingerprint density at radius 3 is 2.76 bits per heavy atom. The first-order valence-corrected chi connectivity index (χ1v) is 8.80. The van der Waals surface area contributed by atoms with Gasteiger partial charge in [0.05, 0.1) is 10.9 Å². The number of hydrogen-bond donors (Lipinski definition) is 1. The van der Waals surface area contributed by atoms with Crippen molar-refractivity contribution < 1.29 is 18.0 Å². The summed E-state index contributed by atoms with van der Waals surface area (Å²) in [5.41, 5.74) is -0.402. The lowest BCUT2D eigenvalue weighted by atomic mass is 10.2. The summed E-state index contributed by atoms with van der Waals surface area (Å²) in [5.74, 6) is -4.89. The normalized spacial score (nSPS) is 12.2. The quantitative estimate of drug-likeness (QED) is 0.432. The van der Waals surface area contributed by atoms with E-state index in [1.165, 1.54) is 0 Å². The van der Waals surface area contributed by atoms with Gasteiger partial charge in [0.25, 0.3) is 0 Å². The number of anilines is 1. The van der Waals surface area contributed by atoms with Crippen LogP contribution in [0.25, 0.3) is 0 Å². The Balaban J connectivity index is 1.99. The minimum absolute atomic E-state index is 0.402. The molecule has 0 aliphatic heterocycles. The van der Waals surface area contributed by atoms with Gasteiger partial charge in [0.15, 0.2) is 22.6 Å². The number of aromatic nitrogens is 3. The Bertz CT molecular complexity index is 738. The number of nitrogens with one attached hydrogen (secondary N) is 1. The number of benzene rings is 1. The minimum atomic E-state index is -1.62. The second-order valence-corrected chi connectivity index (χ2v) is 6.79. The van der Waals surface area contributed by atoms with Gasteiger partial charge < -0.3 is 9.88 Å². The van der Waals surface area contributed by atoms with Crippen LogP contribution in [0.5, 0.6) is 0 Å². The van der Waals surface area contributed by atoms with Gasteiger partial charge in [0.2, 0.25) is 5.91 Å². The summed E-state index contributed by atoms with van der Waals surface area (Å²) >= 11 is 1.16. The number of unbranched alkanes of at least 4 members (excludes halogenated alkanes) is 2. The predicted octanol–water partition coefficient (Wildman–Crippen LogP) is 4.00. The zero-order chi connectivity index (χ0) is 18.4. The van der Waals surface area contributed by atoms with E-state index in [1.807, 2.05) is 4.57 Å². The van der Waals surface area contributed by atoms with Crippen molar-refractivity contribution in [1.82, 2.24) is 14.8 Å². The molecule has 0 unspecified atom stereocenters. The fraction of sp³-hybridized carbons (Fsp3) is 0.438. The predicted molar refractivity (Wildman–Crippen MR) is 89.8 cm³/mol. The van der Waals surface area contributed by atoms with Crippen LogP contribution < -0.4 is 5.32 Å². The number of aryl methyl sites for hydroxylation is 1. The van der Waals surface area contributed by atoms with Crippen LogP contribution in [0.15, 0.2) is 23.6 Å². The Morgan fingerprint density at radius 2 is 2.04 bits per heavy atom. The van der Waals surface area contributed by atoms with Gasteiger partial charge in [-0.05, 0) is 25.5 Å². The minimum Gasteiger partial charge on any atom is -0.323 e. The van der Waals surface area contributed by atoms with Crippen molar-refractivity contribution in [3.8, 4) is 0 Å². The number of amides is 1. The number of hydrogen-bond acceptors (Lipinski definition) is 4. The summed E-state index contributed by atoms with van der Waals surface area (Å²) in [7, 11) is 0. The lowest BCUT2D eigenvalue weighted by Crippen LogP contribution is -2.23. The van der Waals surface area contributed by atoms with E-state index in [1.54, 1.807) is 13.3 Å². The summed E-state index contributed by atoms with van der Waals surface area (Å²) < 4.78 is 41.6. The molecule has 1 atom stereocenters. The zero-order valence-corrected chi connectivity index (χ0v) is 14.7. The SMILES string of the molecule is CCCCCn1cnnc1S[C@@H](C)C(=O)Nc1ccc(F)c(F)c1F. The van der Waals surface area contributed by atoms with Crippen molar-refractivity contribution in [2.24, 2.45) is 0 Å². The molecule has 2 aromatic rings. The second-order valence-electron chi connectivity index (χ2n) is 5.49. The molecule has 9 heteroatoms. The molecule has 0 radical (unpaired) electrons. The third kappa shape index (κ3) is 4.97. The highest BCUT2D eigenvalue weighted by atomic mass is 32.2. The summed E-state index contributed by atoms with van der Waals surface area (Å²) in [4.78, 5) is 12.2. The van der Waals surface area contributed by atoms with Crippen molar-refractivity contribution in [2.75, 3.05) is 5.32 Å². The highest BCUT2D eigenvalue weighted by Gasteiger charge is 2.21. The van der Waals surface area contributed by atoms with E-state index in [0.717, 1.165) is 49.7 Å². The molecule has 1 aromatic carbocycles. The van der Waals surface area contributed by atoms with E-state index in [-0.39, 0.29) is 0 Å². The van der Waals surface area contributed by atoms with Crippen molar-refractivity contribution in [2.45, 2.75) is 50.1 Å². The highest BCUT2D eigenvalue weighted by Crippen LogP contribution is 2.24. The molecule has 1 N–H and O–H groups in total. The molecule has 1 amide bonds. The fourth-order valence-electron chi connectivity index (χ4n) is 2.09. The van der Waals surface area contributed by atoms with E-state index in [4.69, 9.17) is 0 Å². The molecule has 2 rings (SSSR count). The third-order valence-electron chi connectivity index (χ3n) is 3.53. The standard InChI is InChI=1S/C16H19F3N4OS/c1-3-4-5-8-23-9-20-22-16(23)25-10(2)15(24)21-12-7-6-11(17)13(18)14(12)19/h6-7,9-10H,3-5,8H2,1-2H3,(H,21,24)/t10-/m0/s1. The summed E-state index contributed by atoms with van der Waals surface area (Å²) in [6, 6.07) is 1.74. The van der Waals surface area contributed by atoms with E-state index in [0.29, 0.717) is 5.16 Å². The maximum Gasteiger partial charge on any atom is 0.237 e. The average Bonchev–Trinajstić information content (AvgIpc) is 3.02. The molecule has 0 saturated carbocycles. The van der Waals surface area contributed by atoms with E-state index in [9.17, 15) is 18.0 Å². The number of nitrogens with zero attached hydrogens (tertiary/aromatic N) is 3. The molecule has 0 saturated heterocycles. The van der Waals surface area contributed by atoms with Gasteiger partial charge >= 0.3 is 0 Å². The van der Waals surface area contributed by atoms with Gasteiger partial charge in [-0.1, -0.05) is 31.5 Å². The topological polar surface area (TPSA) is 59.8 Å². The van der Waals surface area contributed by atoms with E-state index in [2.05, 4.69) is 22.4 Å². The number of thioether (sulfide) groups is 1. The van der Waals surface area contributed by atoms with Crippen LogP contribution in [0.2, 0.25) is 0 Å². The monoisotopic (exact) mass is 372 g/mol. The lowest BCUT2D eigenvalue weighted by molar-refractivity contribution is -0.115. The highest BCUT2D eigenvalue weighted by molar-refractivity contribution is 8.00. The number of rotatable bonds is 8. The van der Waals surface area contributed by atoms with Crippen LogP contribution in [0.3, 0.4) is 0 Å². The van der Waals surface area contributed by atoms with Gasteiger partial charge in [0, 0.05) is 6.54 Å². The first-order chi connectivity index (χ1) is 11.9. The molecule has 0 spiro atoms. The third-order valence-corrected chi connectivity index (χ3v) is 4.62. The molecular weight excluding hydrogens is 353 g/mol. The van der Waals surface area contributed by atoms with Gasteiger partial charge in [-0.2, -0.15) is 0 Å². The molecule has 1 aromatic heterocycles. The molecule has 0 aliphatic carbocycles. The molecular formula is C16H19F3N4OS. The van der Waals surface area contributed by atoms with Crippen LogP contribution in [-0.4, -0.2) is 25.9 Å². The first-order valence-electron chi connectivity index (χ1n) is 7.92. The Morgan fingerprint density at radius 1 is 1.28 bits per heavy atom. The Kier molecular flexibility index (Phi) is 6.86. The zero-order valence-electron chi connectivity index (χ0n) is 13.9. The van der Waals surface area contributed by atoms with Crippen molar-refractivity contribution in [3.63, 3.8) is 0 Å². The van der Waals surface area contributed by atoms with Crippen molar-refractivity contribution in [3.05, 3.63) is 35.9 Å². The van der Waals surface area contributed by atoms with Crippen LogP contribution in [0.4, 0.5) is 18.9 Å². The second kappa shape index (κ2) is 8.89. The van der Waals surface area contributed by atoms with Crippen LogP contribution in [-0.2, 0) is 11.3 Å². The molecule has 0 bridgehead atoms. The number of halogens is 3. The first kappa shape index (κ1) is 19.3.